The van der Waals surface area contributed by atoms with Crippen molar-refractivity contribution in [3.05, 3.63) is 65.4 Å². The summed E-state index contributed by atoms with van der Waals surface area (Å²) in [5.41, 5.74) is 2.91. The molecule has 1 N–H and O–H groups in total. The molecule has 160 valence electrons. The molecular formula is C24H25N3O4. The van der Waals surface area contributed by atoms with Crippen LogP contribution in [-0.4, -0.2) is 34.2 Å². The molecule has 31 heavy (non-hydrogen) atoms. The Morgan fingerprint density at radius 2 is 1.81 bits per heavy atom. The number of amides is 3. The number of fused-ring (bicyclic) bond motifs is 1. The minimum Gasteiger partial charge on any atom is -0.439 e. The largest absolute Gasteiger partial charge is 0.439 e. The molecule has 2 heterocycles. The third-order valence-corrected chi connectivity index (χ3v) is 5.75. The number of allylic oxidation sites excluding steroid dienone is 2. The first-order valence-corrected chi connectivity index (χ1v) is 10.4. The highest BCUT2D eigenvalue weighted by atomic mass is 16.5. The number of benzene rings is 1. The summed E-state index contributed by atoms with van der Waals surface area (Å²) in [6.45, 7) is 3.98. The zero-order chi connectivity index (χ0) is 22.0. The van der Waals surface area contributed by atoms with Crippen LogP contribution >= 0.6 is 0 Å². The van der Waals surface area contributed by atoms with Gasteiger partial charge in [-0.05, 0) is 49.4 Å². The van der Waals surface area contributed by atoms with E-state index in [0.29, 0.717) is 18.7 Å². The summed E-state index contributed by atoms with van der Waals surface area (Å²) in [7, 11) is 0. The van der Waals surface area contributed by atoms with Crippen molar-refractivity contribution in [1.82, 2.24) is 15.2 Å². The molecule has 1 aromatic heterocycles. The van der Waals surface area contributed by atoms with Crippen molar-refractivity contribution in [2.24, 2.45) is 11.8 Å². The summed E-state index contributed by atoms with van der Waals surface area (Å²) in [6, 6.07) is 9.54. The fourth-order valence-corrected chi connectivity index (χ4v) is 3.93. The Balaban J connectivity index is 1.30. The Hall–Kier alpha value is -3.48. The van der Waals surface area contributed by atoms with Gasteiger partial charge in [-0.15, -0.1) is 0 Å². The number of aryl methyl sites for hydroxylation is 2. The molecule has 4 rings (SSSR count). The third kappa shape index (κ3) is 4.50. The predicted octanol–water partition coefficient (Wildman–Crippen LogP) is 3.06. The Labute approximate surface area is 181 Å². The SMILES string of the molecule is Cc1ccc(C)c(Oc2ccc(CNC(=O)CN3C(=O)[C@@H]4CC=CC[C@H]4C3=O)cn2)c1. The number of carbonyl (C=O) groups is 3. The molecule has 1 saturated heterocycles. The molecule has 0 saturated carbocycles. The van der Waals surface area contributed by atoms with Gasteiger partial charge in [-0.2, -0.15) is 0 Å². The standard InChI is InChI=1S/C24H25N3O4/c1-15-7-8-16(2)20(11-15)31-22-10-9-17(13-26-22)12-25-21(28)14-27-23(29)18-5-3-4-6-19(18)24(27)30/h3-4,7-11,13,18-19H,5-6,12,14H2,1-2H3,(H,25,28)/t18-,19-/m1/s1. The molecule has 0 bridgehead atoms. The summed E-state index contributed by atoms with van der Waals surface area (Å²) in [5, 5.41) is 2.75. The van der Waals surface area contributed by atoms with Gasteiger partial charge < -0.3 is 10.1 Å². The van der Waals surface area contributed by atoms with E-state index in [9.17, 15) is 14.4 Å². The number of aromatic nitrogens is 1. The summed E-state index contributed by atoms with van der Waals surface area (Å²) < 4.78 is 5.84. The van der Waals surface area contributed by atoms with E-state index < -0.39 is 0 Å². The van der Waals surface area contributed by atoms with Gasteiger partial charge in [0.2, 0.25) is 23.6 Å². The lowest BCUT2D eigenvalue weighted by Crippen LogP contribution is -2.40. The molecule has 1 fully saturated rings. The number of imide groups is 1. The molecule has 2 atom stereocenters. The van der Waals surface area contributed by atoms with E-state index in [2.05, 4.69) is 10.3 Å². The lowest BCUT2D eigenvalue weighted by atomic mass is 9.85. The van der Waals surface area contributed by atoms with Gasteiger partial charge in [-0.25, -0.2) is 4.98 Å². The van der Waals surface area contributed by atoms with Gasteiger partial charge in [-0.1, -0.05) is 30.4 Å². The number of likely N-dealkylation sites (tertiary alicyclic amines) is 1. The number of nitrogens with one attached hydrogen (secondary N) is 1. The summed E-state index contributed by atoms with van der Waals surface area (Å²) in [4.78, 5) is 42.6. The van der Waals surface area contributed by atoms with Crippen LogP contribution in [0.3, 0.4) is 0 Å². The maximum absolute atomic E-state index is 12.5. The minimum atomic E-state index is -0.371. The van der Waals surface area contributed by atoms with Crippen molar-refractivity contribution >= 4 is 17.7 Å². The van der Waals surface area contributed by atoms with Crippen molar-refractivity contribution in [1.29, 1.82) is 0 Å². The molecule has 0 spiro atoms. The van der Waals surface area contributed by atoms with Gasteiger partial charge in [0.25, 0.3) is 0 Å². The first kappa shape index (κ1) is 20.8. The topological polar surface area (TPSA) is 88.6 Å². The Bertz CT molecular complexity index is 1020. The van der Waals surface area contributed by atoms with E-state index in [-0.39, 0.29) is 42.6 Å². The maximum atomic E-state index is 12.5. The van der Waals surface area contributed by atoms with Gasteiger partial charge in [0.1, 0.15) is 12.3 Å². The van der Waals surface area contributed by atoms with Gasteiger partial charge >= 0.3 is 0 Å². The normalized spacial score (nSPS) is 20.0. The van der Waals surface area contributed by atoms with E-state index in [0.717, 1.165) is 27.3 Å². The van der Waals surface area contributed by atoms with E-state index in [1.165, 1.54) is 0 Å². The minimum absolute atomic E-state index is 0.244. The van der Waals surface area contributed by atoms with Crippen LogP contribution in [0.1, 0.15) is 29.5 Å². The van der Waals surface area contributed by atoms with Crippen LogP contribution in [0.15, 0.2) is 48.7 Å². The van der Waals surface area contributed by atoms with E-state index in [1.807, 2.05) is 50.3 Å². The molecule has 1 aromatic carbocycles. The van der Waals surface area contributed by atoms with Gasteiger partial charge in [0.05, 0.1) is 11.8 Å². The second-order valence-corrected chi connectivity index (χ2v) is 8.07. The number of nitrogens with zero attached hydrogens (tertiary/aromatic N) is 2. The van der Waals surface area contributed by atoms with Crippen LogP contribution in [0.4, 0.5) is 0 Å². The second-order valence-electron chi connectivity index (χ2n) is 8.07. The average Bonchev–Trinajstić information content (AvgIpc) is 3.01. The van der Waals surface area contributed by atoms with Gasteiger partial charge in [-0.3, -0.25) is 19.3 Å². The molecule has 7 nitrogen and oxygen atoms in total. The highest BCUT2D eigenvalue weighted by Crippen LogP contribution is 2.34. The van der Waals surface area contributed by atoms with Crippen LogP contribution in [0, 0.1) is 25.7 Å². The molecular weight excluding hydrogens is 394 g/mol. The highest BCUT2D eigenvalue weighted by molar-refractivity contribution is 6.07. The Morgan fingerprint density at radius 3 is 2.45 bits per heavy atom. The molecule has 1 aliphatic carbocycles. The molecule has 0 radical (unpaired) electrons. The van der Waals surface area contributed by atoms with Crippen LogP contribution in [-0.2, 0) is 20.9 Å². The van der Waals surface area contributed by atoms with E-state index in [4.69, 9.17) is 4.74 Å². The fourth-order valence-electron chi connectivity index (χ4n) is 3.93. The quantitative estimate of drug-likeness (QED) is 0.574. The van der Waals surface area contributed by atoms with E-state index >= 15 is 0 Å². The molecule has 2 aromatic rings. The summed E-state index contributed by atoms with van der Waals surface area (Å²) >= 11 is 0. The third-order valence-electron chi connectivity index (χ3n) is 5.75. The van der Waals surface area contributed by atoms with Gasteiger partial charge in [0.15, 0.2) is 0 Å². The lowest BCUT2D eigenvalue weighted by molar-refractivity contribution is -0.143. The summed E-state index contributed by atoms with van der Waals surface area (Å²) in [6.07, 6.45) is 6.62. The molecule has 1 aliphatic heterocycles. The number of carbonyl (C=O) groups excluding carboxylic acids is 3. The van der Waals surface area contributed by atoms with Crippen molar-refractivity contribution in [2.75, 3.05) is 6.54 Å². The van der Waals surface area contributed by atoms with Crippen LogP contribution in [0.25, 0.3) is 0 Å². The number of hydrogen-bond acceptors (Lipinski definition) is 5. The monoisotopic (exact) mass is 419 g/mol. The van der Waals surface area contributed by atoms with Crippen LogP contribution < -0.4 is 10.1 Å². The lowest BCUT2D eigenvalue weighted by Gasteiger charge is -2.14. The van der Waals surface area contributed by atoms with Crippen molar-refractivity contribution < 1.29 is 19.1 Å². The molecule has 2 aliphatic rings. The fraction of sp³-hybridized carbons (Fsp3) is 0.333. The van der Waals surface area contributed by atoms with Crippen molar-refractivity contribution in [3.8, 4) is 11.6 Å². The number of ether oxygens (including phenoxy) is 1. The smallest absolute Gasteiger partial charge is 0.240 e. The first-order valence-electron chi connectivity index (χ1n) is 10.4. The van der Waals surface area contributed by atoms with Crippen LogP contribution in [0.5, 0.6) is 11.6 Å². The van der Waals surface area contributed by atoms with E-state index in [1.54, 1.807) is 12.3 Å². The number of pyridine rings is 1. The molecule has 3 amide bonds. The van der Waals surface area contributed by atoms with Gasteiger partial charge in [0, 0.05) is 18.8 Å². The van der Waals surface area contributed by atoms with Crippen molar-refractivity contribution in [2.45, 2.75) is 33.2 Å². The zero-order valence-electron chi connectivity index (χ0n) is 17.6. The molecule has 0 unspecified atom stereocenters. The van der Waals surface area contributed by atoms with Crippen molar-refractivity contribution in [3.63, 3.8) is 0 Å². The second kappa shape index (κ2) is 8.71. The first-order chi connectivity index (χ1) is 14.9. The average molecular weight is 419 g/mol. The Kier molecular flexibility index (Phi) is 5.84. The Morgan fingerprint density at radius 1 is 1.10 bits per heavy atom. The van der Waals surface area contributed by atoms with Crippen LogP contribution in [0.2, 0.25) is 0 Å². The highest BCUT2D eigenvalue weighted by Gasteiger charge is 2.47. The summed E-state index contributed by atoms with van der Waals surface area (Å²) in [5.74, 6) is -0.284. The number of hydrogen-bond donors (Lipinski definition) is 1. The predicted molar refractivity (Wildman–Crippen MR) is 114 cm³/mol. The molecule has 7 heteroatoms. The number of rotatable bonds is 6. The maximum Gasteiger partial charge on any atom is 0.240 e. The zero-order valence-corrected chi connectivity index (χ0v) is 17.6.